The SMILES string of the molecule is Cc1[nH]nc(-c2cccc(NC(=O)Cc3ccccc3F)c2)c1Br. The van der Waals surface area contributed by atoms with Crippen LogP contribution in [0.25, 0.3) is 11.3 Å². The van der Waals surface area contributed by atoms with Gasteiger partial charge in [-0.25, -0.2) is 4.39 Å². The monoisotopic (exact) mass is 387 g/mol. The van der Waals surface area contributed by atoms with Crippen LogP contribution in [0.15, 0.2) is 53.0 Å². The molecule has 0 saturated carbocycles. The second kappa shape index (κ2) is 6.97. The van der Waals surface area contributed by atoms with Gasteiger partial charge in [-0.1, -0.05) is 30.3 Å². The first-order valence-electron chi connectivity index (χ1n) is 7.39. The minimum Gasteiger partial charge on any atom is -0.326 e. The fourth-order valence-electron chi connectivity index (χ4n) is 2.37. The van der Waals surface area contributed by atoms with Gasteiger partial charge in [-0.05, 0) is 46.6 Å². The summed E-state index contributed by atoms with van der Waals surface area (Å²) in [6.07, 6.45) is -0.0118. The zero-order valence-corrected chi connectivity index (χ0v) is 14.5. The number of carbonyl (C=O) groups is 1. The third-order valence-electron chi connectivity index (χ3n) is 3.60. The zero-order chi connectivity index (χ0) is 17.1. The number of aromatic nitrogens is 2. The minimum absolute atomic E-state index is 0.0118. The highest BCUT2D eigenvalue weighted by atomic mass is 79.9. The van der Waals surface area contributed by atoms with Crippen LogP contribution in [0.5, 0.6) is 0 Å². The largest absolute Gasteiger partial charge is 0.326 e. The number of hydrogen-bond donors (Lipinski definition) is 2. The van der Waals surface area contributed by atoms with Crippen molar-refractivity contribution in [2.75, 3.05) is 5.32 Å². The Labute approximate surface area is 147 Å². The van der Waals surface area contributed by atoms with Crippen molar-refractivity contribution < 1.29 is 9.18 Å². The molecule has 122 valence electrons. The van der Waals surface area contributed by atoms with Crippen molar-refractivity contribution in [2.45, 2.75) is 13.3 Å². The van der Waals surface area contributed by atoms with Crippen LogP contribution in [0.2, 0.25) is 0 Å². The fourth-order valence-corrected chi connectivity index (χ4v) is 2.78. The molecule has 0 aliphatic heterocycles. The number of hydrogen-bond acceptors (Lipinski definition) is 2. The minimum atomic E-state index is -0.377. The molecular formula is C18H15BrFN3O. The molecule has 0 aliphatic rings. The third-order valence-corrected chi connectivity index (χ3v) is 4.57. The van der Waals surface area contributed by atoms with Gasteiger partial charge in [-0.3, -0.25) is 9.89 Å². The highest BCUT2D eigenvalue weighted by Gasteiger charge is 2.12. The van der Waals surface area contributed by atoms with Crippen molar-refractivity contribution in [1.82, 2.24) is 10.2 Å². The van der Waals surface area contributed by atoms with Crippen LogP contribution in [0.4, 0.5) is 10.1 Å². The Balaban J connectivity index is 1.76. The van der Waals surface area contributed by atoms with E-state index < -0.39 is 0 Å². The Morgan fingerprint density at radius 3 is 2.75 bits per heavy atom. The van der Waals surface area contributed by atoms with Crippen LogP contribution < -0.4 is 5.32 Å². The Hall–Kier alpha value is -2.47. The predicted octanol–water partition coefficient (Wildman–Crippen LogP) is 4.47. The highest BCUT2D eigenvalue weighted by Crippen LogP contribution is 2.29. The third kappa shape index (κ3) is 3.54. The van der Waals surface area contributed by atoms with E-state index in [1.165, 1.54) is 6.07 Å². The molecule has 1 aromatic heterocycles. The van der Waals surface area contributed by atoms with Crippen molar-refractivity contribution in [3.8, 4) is 11.3 Å². The Kier molecular flexibility index (Phi) is 4.76. The summed E-state index contributed by atoms with van der Waals surface area (Å²) in [7, 11) is 0. The van der Waals surface area contributed by atoms with E-state index in [0.717, 1.165) is 21.4 Å². The Morgan fingerprint density at radius 2 is 2.04 bits per heavy atom. The molecule has 0 atom stereocenters. The van der Waals surface area contributed by atoms with Gasteiger partial charge >= 0.3 is 0 Å². The molecule has 0 fully saturated rings. The lowest BCUT2D eigenvalue weighted by Gasteiger charge is -2.07. The molecule has 1 heterocycles. The van der Waals surface area contributed by atoms with Crippen molar-refractivity contribution in [1.29, 1.82) is 0 Å². The van der Waals surface area contributed by atoms with E-state index in [4.69, 9.17) is 0 Å². The molecule has 0 saturated heterocycles. The van der Waals surface area contributed by atoms with Crippen molar-refractivity contribution >= 4 is 27.5 Å². The number of H-pyrrole nitrogens is 1. The van der Waals surface area contributed by atoms with Crippen LogP contribution in [-0.2, 0) is 11.2 Å². The van der Waals surface area contributed by atoms with Crippen molar-refractivity contribution in [3.05, 3.63) is 70.1 Å². The maximum absolute atomic E-state index is 13.6. The highest BCUT2D eigenvalue weighted by molar-refractivity contribution is 9.10. The normalized spacial score (nSPS) is 10.6. The Morgan fingerprint density at radius 1 is 1.25 bits per heavy atom. The number of aryl methyl sites for hydroxylation is 1. The smallest absolute Gasteiger partial charge is 0.228 e. The van der Waals surface area contributed by atoms with Gasteiger partial charge in [0.2, 0.25) is 5.91 Å². The molecule has 2 N–H and O–H groups in total. The van der Waals surface area contributed by atoms with Crippen LogP contribution in [0.1, 0.15) is 11.3 Å². The number of amides is 1. The van der Waals surface area contributed by atoms with Crippen molar-refractivity contribution in [3.63, 3.8) is 0 Å². The fraction of sp³-hybridized carbons (Fsp3) is 0.111. The van der Waals surface area contributed by atoms with Crippen molar-refractivity contribution in [2.24, 2.45) is 0 Å². The van der Waals surface area contributed by atoms with Gasteiger partial charge in [0.1, 0.15) is 11.5 Å². The van der Waals surface area contributed by atoms with E-state index in [9.17, 15) is 9.18 Å². The maximum atomic E-state index is 13.6. The first kappa shape index (κ1) is 16.4. The molecule has 6 heteroatoms. The molecule has 2 aromatic carbocycles. The molecule has 0 bridgehead atoms. The summed E-state index contributed by atoms with van der Waals surface area (Å²) in [5, 5.41) is 9.95. The molecule has 0 unspecified atom stereocenters. The second-order valence-corrected chi connectivity index (χ2v) is 6.20. The summed E-state index contributed by atoms with van der Waals surface area (Å²) < 4.78 is 14.5. The number of nitrogens with zero attached hydrogens (tertiary/aromatic N) is 1. The van der Waals surface area contributed by atoms with E-state index in [0.29, 0.717) is 11.3 Å². The predicted molar refractivity (Wildman–Crippen MR) is 95.2 cm³/mol. The van der Waals surface area contributed by atoms with E-state index in [1.54, 1.807) is 24.3 Å². The van der Waals surface area contributed by atoms with Gasteiger partial charge in [0.05, 0.1) is 10.9 Å². The average Bonchev–Trinajstić information content (AvgIpc) is 2.89. The first-order chi connectivity index (χ1) is 11.5. The summed E-state index contributed by atoms with van der Waals surface area (Å²) >= 11 is 3.49. The summed E-state index contributed by atoms with van der Waals surface area (Å²) in [4.78, 5) is 12.1. The Bertz CT molecular complexity index is 891. The molecule has 3 aromatic rings. The molecule has 24 heavy (non-hydrogen) atoms. The van der Waals surface area contributed by atoms with Gasteiger partial charge in [0, 0.05) is 16.9 Å². The molecule has 4 nitrogen and oxygen atoms in total. The van der Waals surface area contributed by atoms with E-state index in [-0.39, 0.29) is 18.1 Å². The van der Waals surface area contributed by atoms with Gasteiger partial charge in [-0.15, -0.1) is 0 Å². The number of nitrogens with one attached hydrogen (secondary N) is 2. The molecule has 0 radical (unpaired) electrons. The number of carbonyl (C=O) groups excluding carboxylic acids is 1. The van der Waals surface area contributed by atoms with Gasteiger partial charge in [-0.2, -0.15) is 5.10 Å². The molecule has 0 aliphatic carbocycles. The summed E-state index contributed by atoms with van der Waals surface area (Å²) in [6.45, 7) is 1.92. The zero-order valence-electron chi connectivity index (χ0n) is 12.9. The van der Waals surface area contributed by atoms with Gasteiger partial charge < -0.3 is 5.32 Å². The molecule has 3 rings (SSSR count). The molecule has 1 amide bonds. The van der Waals surface area contributed by atoms with E-state index in [1.807, 2.05) is 25.1 Å². The van der Waals surface area contributed by atoms with E-state index in [2.05, 4.69) is 31.4 Å². The van der Waals surface area contributed by atoms with Crippen LogP contribution >= 0.6 is 15.9 Å². The number of halogens is 2. The number of rotatable bonds is 4. The summed E-state index contributed by atoms with van der Waals surface area (Å²) in [6, 6.07) is 13.6. The lowest BCUT2D eigenvalue weighted by atomic mass is 10.1. The number of aromatic amines is 1. The quantitative estimate of drug-likeness (QED) is 0.693. The molecule has 0 spiro atoms. The number of anilines is 1. The first-order valence-corrected chi connectivity index (χ1v) is 8.18. The summed E-state index contributed by atoms with van der Waals surface area (Å²) in [5.74, 6) is -0.646. The lowest BCUT2D eigenvalue weighted by molar-refractivity contribution is -0.115. The van der Waals surface area contributed by atoms with Gasteiger partial charge in [0.15, 0.2) is 0 Å². The maximum Gasteiger partial charge on any atom is 0.228 e. The number of benzene rings is 2. The topological polar surface area (TPSA) is 57.8 Å². The van der Waals surface area contributed by atoms with Crippen LogP contribution in [0.3, 0.4) is 0 Å². The van der Waals surface area contributed by atoms with Crippen LogP contribution in [-0.4, -0.2) is 16.1 Å². The van der Waals surface area contributed by atoms with Gasteiger partial charge in [0.25, 0.3) is 0 Å². The second-order valence-electron chi connectivity index (χ2n) is 5.41. The van der Waals surface area contributed by atoms with Crippen LogP contribution in [0, 0.1) is 12.7 Å². The summed E-state index contributed by atoms with van der Waals surface area (Å²) in [5.41, 5.74) is 3.59. The average molecular weight is 388 g/mol. The molecular weight excluding hydrogens is 373 g/mol. The standard InChI is InChI=1S/C18H15BrFN3O/c1-11-17(19)18(23-22-11)13-6-4-7-14(9-13)21-16(24)10-12-5-2-3-8-15(12)20/h2-9H,10H2,1H3,(H,21,24)(H,22,23). The lowest BCUT2D eigenvalue weighted by Crippen LogP contribution is -2.15. The van der Waals surface area contributed by atoms with E-state index >= 15 is 0 Å².